The van der Waals surface area contributed by atoms with E-state index in [0.717, 1.165) is 10.2 Å². The Morgan fingerprint density at radius 1 is 1.25 bits per heavy atom. The van der Waals surface area contributed by atoms with Crippen molar-refractivity contribution in [2.75, 3.05) is 14.1 Å². The van der Waals surface area contributed by atoms with Gasteiger partial charge in [-0.2, -0.15) is 0 Å². The van der Waals surface area contributed by atoms with Crippen LogP contribution in [-0.2, 0) is 13.0 Å². The van der Waals surface area contributed by atoms with Gasteiger partial charge in [0.05, 0.1) is 21.2 Å². The van der Waals surface area contributed by atoms with Crippen molar-refractivity contribution < 1.29 is 9.52 Å². The first-order valence-corrected chi connectivity index (χ1v) is 10.0. The van der Waals surface area contributed by atoms with E-state index in [1.54, 1.807) is 13.0 Å². The fourth-order valence-electron chi connectivity index (χ4n) is 3.50. The van der Waals surface area contributed by atoms with Crippen molar-refractivity contribution in [2.24, 2.45) is 0 Å². The molecule has 0 fully saturated rings. The highest BCUT2D eigenvalue weighted by Gasteiger charge is 2.22. The van der Waals surface area contributed by atoms with Crippen LogP contribution in [-0.4, -0.2) is 29.1 Å². The van der Waals surface area contributed by atoms with E-state index in [4.69, 9.17) is 4.42 Å². The summed E-state index contributed by atoms with van der Waals surface area (Å²) in [6.45, 7) is 4.28. The summed E-state index contributed by atoms with van der Waals surface area (Å²) in [7, 11) is 3.85. The van der Waals surface area contributed by atoms with Gasteiger partial charge in [0.1, 0.15) is 22.1 Å². The average Bonchev–Trinajstić information content (AvgIpc) is 3.09. The predicted molar refractivity (Wildman–Crippen MR) is 114 cm³/mol. The van der Waals surface area contributed by atoms with E-state index >= 15 is 0 Å². The largest absolute Gasteiger partial charge is 0.507 e. The van der Waals surface area contributed by atoms with Crippen LogP contribution < -0.4 is 5.43 Å². The van der Waals surface area contributed by atoms with Gasteiger partial charge >= 0.3 is 0 Å². The molecule has 0 saturated heterocycles. The number of hydrogen-bond donors (Lipinski definition) is 1. The smallest absolute Gasteiger partial charge is 0.203 e. The molecule has 0 atom stereocenters. The Hall–Kier alpha value is -2.70. The van der Waals surface area contributed by atoms with Gasteiger partial charge < -0.3 is 14.4 Å². The highest BCUT2D eigenvalue weighted by molar-refractivity contribution is 7.21. The number of thiazole rings is 1. The number of para-hydroxylation sites is 1. The zero-order chi connectivity index (χ0) is 20.0. The molecular weight excluding hydrogens is 372 g/mol. The molecule has 4 rings (SSSR count). The minimum Gasteiger partial charge on any atom is -0.507 e. The van der Waals surface area contributed by atoms with Crippen LogP contribution >= 0.6 is 11.3 Å². The van der Waals surface area contributed by atoms with Gasteiger partial charge in [-0.1, -0.05) is 19.1 Å². The third-order valence-electron chi connectivity index (χ3n) is 4.85. The Morgan fingerprint density at radius 3 is 2.68 bits per heavy atom. The van der Waals surface area contributed by atoms with Gasteiger partial charge in [-0.25, -0.2) is 4.98 Å². The first-order valence-electron chi connectivity index (χ1n) is 9.22. The van der Waals surface area contributed by atoms with Crippen LogP contribution in [0, 0.1) is 6.92 Å². The molecule has 0 aliphatic carbocycles. The minimum atomic E-state index is -0.0970. The number of fused-ring (bicyclic) bond motifs is 2. The molecular formula is C22H22N2O3S. The number of hydrogen-bond acceptors (Lipinski definition) is 6. The van der Waals surface area contributed by atoms with Gasteiger partial charge in [-0.15, -0.1) is 11.3 Å². The fourth-order valence-corrected chi connectivity index (χ4v) is 4.53. The van der Waals surface area contributed by atoms with E-state index in [-0.39, 0.29) is 11.2 Å². The minimum absolute atomic E-state index is 0.0970. The predicted octanol–water partition coefficient (Wildman–Crippen LogP) is 4.71. The van der Waals surface area contributed by atoms with E-state index in [2.05, 4.69) is 4.98 Å². The summed E-state index contributed by atoms with van der Waals surface area (Å²) in [5, 5.41) is 11.7. The highest BCUT2D eigenvalue weighted by atomic mass is 32.1. The molecule has 0 aliphatic rings. The monoisotopic (exact) mass is 394 g/mol. The van der Waals surface area contributed by atoms with Crippen molar-refractivity contribution in [3.63, 3.8) is 0 Å². The van der Waals surface area contributed by atoms with Crippen LogP contribution in [0.2, 0.25) is 0 Å². The van der Waals surface area contributed by atoms with Gasteiger partial charge in [0, 0.05) is 24.1 Å². The Labute approximate surface area is 166 Å². The first kappa shape index (κ1) is 18.7. The highest BCUT2D eigenvalue weighted by Crippen LogP contribution is 2.35. The summed E-state index contributed by atoms with van der Waals surface area (Å²) in [6.07, 6.45) is 0.566. The number of rotatable bonds is 4. The Balaban J connectivity index is 2.04. The molecule has 4 aromatic rings. The van der Waals surface area contributed by atoms with Gasteiger partial charge in [0.15, 0.2) is 0 Å². The molecule has 0 radical (unpaired) electrons. The maximum Gasteiger partial charge on any atom is 0.203 e. The molecule has 2 aromatic heterocycles. The van der Waals surface area contributed by atoms with Crippen LogP contribution in [0.25, 0.3) is 31.8 Å². The van der Waals surface area contributed by atoms with Crippen LogP contribution in [0.4, 0.5) is 0 Å². The second-order valence-electron chi connectivity index (χ2n) is 7.19. The van der Waals surface area contributed by atoms with E-state index in [0.29, 0.717) is 51.4 Å². The molecule has 0 unspecified atom stereocenters. The number of nitrogens with zero attached hydrogens (tertiary/aromatic N) is 2. The molecule has 0 saturated carbocycles. The third-order valence-corrected chi connectivity index (χ3v) is 5.91. The van der Waals surface area contributed by atoms with Crippen molar-refractivity contribution in [2.45, 2.75) is 26.8 Å². The van der Waals surface area contributed by atoms with Gasteiger partial charge in [-0.3, -0.25) is 4.79 Å². The fraction of sp³-hybridized carbons (Fsp3) is 0.273. The zero-order valence-electron chi connectivity index (χ0n) is 16.4. The van der Waals surface area contributed by atoms with Crippen LogP contribution in [0.1, 0.15) is 23.8 Å². The summed E-state index contributed by atoms with van der Waals surface area (Å²) < 4.78 is 7.17. The summed E-state index contributed by atoms with van der Waals surface area (Å²) >= 11 is 1.50. The standard InChI is InChI=1S/C22H22N2O3S/c1-5-16-18(22-23-15-8-6-7-9-17(15)28-22)20(26)14-10-13(11-24(3)4)19(25)12(2)21(14)27-16/h6-10,25H,5,11H2,1-4H3. The average molecular weight is 394 g/mol. The topological polar surface area (TPSA) is 66.6 Å². The van der Waals surface area contributed by atoms with Crippen molar-refractivity contribution in [1.82, 2.24) is 9.88 Å². The molecule has 28 heavy (non-hydrogen) atoms. The van der Waals surface area contributed by atoms with Gasteiger partial charge in [0.2, 0.25) is 5.43 Å². The Morgan fingerprint density at radius 2 is 2.00 bits per heavy atom. The van der Waals surface area contributed by atoms with Crippen molar-refractivity contribution in [3.8, 4) is 16.3 Å². The molecule has 2 heterocycles. The van der Waals surface area contributed by atoms with Crippen molar-refractivity contribution >= 4 is 32.5 Å². The zero-order valence-corrected chi connectivity index (χ0v) is 17.2. The molecule has 0 bridgehead atoms. The number of aromatic hydroxyl groups is 1. The molecule has 1 N–H and O–H groups in total. The molecule has 144 valence electrons. The summed E-state index contributed by atoms with van der Waals surface area (Å²) in [5.74, 6) is 0.776. The molecule has 0 amide bonds. The lowest BCUT2D eigenvalue weighted by Gasteiger charge is -2.15. The van der Waals surface area contributed by atoms with Gasteiger partial charge in [0.25, 0.3) is 0 Å². The first-order chi connectivity index (χ1) is 13.4. The Bertz CT molecular complexity index is 1220. The van der Waals surface area contributed by atoms with E-state index in [1.165, 1.54) is 11.3 Å². The second kappa shape index (κ2) is 7.04. The van der Waals surface area contributed by atoms with E-state index in [9.17, 15) is 9.90 Å². The second-order valence-corrected chi connectivity index (χ2v) is 8.22. The van der Waals surface area contributed by atoms with Crippen LogP contribution in [0.15, 0.2) is 39.5 Å². The number of benzene rings is 2. The summed E-state index contributed by atoms with van der Waals surface area (Å²) in [4.78, 5) is 20.1. The lowest BCUT2D eigenvalue weighted by molar-refractivity contribution is 0.384. The van der Waals surface area contributed by atoms with E-state index < -0.39 is 0 Å². The lowest BCUT2D eigenvalue weighted by Crippen LogP contribution is -2.13. The molecule has 0 spiro atoms. The Kier molecular flexibility index (Phi) is 4.69. The SMILES string of the molecule is CCc1oc2c(C)c(O)c(CN(C)C)cc2c(=O)c1-c1nc2ccccc2s1. The number of phenols is 1. The number of phenolic OH excluding ortho intramolecular Hbond substituents is 1. The van der Waals surface area contributed by atoms with Crippen molar-refractivity contribution in [1.29, 1.82) is 0 Å². The molecule has 0 aliphatic heterocycles. The molecule has 6 heteroatoms. The van der Waals surface area contributed by atoms with Gasteiger partial charge in [-0.05, 0) is 39.2 Å². The van der Waals surface area contributed by atoms with E-state index in [1.807, 2.05) is 50.2 Å². The number of aryl methyl sites for hydroxylation is 2. The molecule has 5 nitrogen and oxygen atoms in total. The third kappa shape index (κ3) is 2.99. The normalized spacial score (nSPS) is 11.8. The van der Waals surface area contributed by atoms with Crippen molar-refractivity contribution in [3.05, 3.63) is 57.4 Å². The molecule has 2 aromatic carbocycles. The summed E-state index contributed by atoms with van der Waals surface area (Å²) in [5.41, 5.74) is 3.06. The summed E-state index contributed by atoms with van der Waals surface area (Å²) in [6, 6.07) is 9.60. The maximum absolute atomic E-state index is 13.5. The van der Waals surface area contributed by atoms with Crippen LogP contribution in [0.3, 0.4) is 0 Å². The quantitative estimate of drug-likeness (QED) is 0.543. The maximum atomic E-state index is 13.5. The van der Waals surface area contributed by atoms with Crippen LogP contribution in [0.5, 0.6) is 5.75 Å². The number of aromatic nitrogens is 1. The lowest BCUT2D eigenvalue weighted by atomic mass is 10.0.